The Morgan fingerprint density at radius 1 is 0.800 bits per heavy atom. The molecular formula is C29H36O16. The van der Waals surface area contributed by atoms with Crippen LogP contribution in [0.1, 0.15) is 22.8 Å². The molecule has 16 heteroatoms. The van der Waals surface area contributed by atoms with Gasteiger partial charge in [0.1, 0.15) is 71.6 Å². The van der Waals surface area contributed by atoms with Gasteiger partial charge >= 0.3 is 0 Å². The zero-order valence-corrected chi connectivity index (χ0v) is 24.1. The summed E-state index contributed by atoms with van der Waals surface area (Å²) in [5.41, 5.74) is 0.129. The predicted molar refractivity (Wildman–Crippen MR) is 149 cm³/mol. The Balaban J connectivity index is 1.46. The second-order valence-corrected chi connectivity index (χ2v) is 10.6. The van der Waals surface area contributed by atoms with Gasteiger partial charge in [-0.3, -0.25) is 4.79 Å². The second kappa shape index (κ2) is 14.3. The Morgan fingerprint density at radius 2 is 1.38 bits per heavy atom. The van der Waals surface area contributed by atoms with Crippen molar-refractivity contribution in [3.63, 3.8) is 0 Å². The van der Waals surface area contributed by atoms with Crippen LogP contribution in [-0.4, -0.2) is 139 Å². The minimum atomic E-state index is -1.85. The minimum absolute atomic E-state index is 0.104. The van der Waals surface area contributed by atoms with Crippen molar-refractivity contribution in [2.45, 2.75) is 68.3 Å². The molecule has 2 aliphatic heterocycles. The first kappa shape index (κ1) is 34.3. The third-order valence-corrected chi connectivity index (χ3v) is 7.44. The maximum atomic E-state index is 13.1. The van der Waals surface area contributed by atoms with Crippen molar-refractivity contribution in [1.82, 2.24) is 0 Å². The largest absolute Gasteiger partial charge is 0.507 e. The van der Waals surface area contributed by atoms with E-state index in [0.717, 1.165) is 12.1 Å². The number of allylic oxidation sites excluding steroid dienone is 1. The van der Waals surface area contributed by atoms with E-state index in [1.54, 1.807) is 0 Å². The van der Waals surface area contributed by atoms with Crippen LogP contribution in [0.15, 0.2) is 35.9 Å². The number of methoxy groups -OCH3 is 1. The lowest BCUT2D eigenvalue weighted by molar-refractivity contribution is -0.323. The highest BCUT2D eigenvalue weighted by molar-refractivity contribution is 6.14. The molecule has 16 nitrogen and oxygen atoms in total. The minimum Gasteiger partial charge on any atom is -0.507 e. The lowest BCUT2D eigenvalue weighted by Crippen LogP contribution is -2.62. The first-order chi connectivity index (χ1) is 21.3. The molecule has 10 atom stereocenters. The number of benzene rings is 2. The fraction of sp³-hybridized carbons (Fsp3) is 0.483. The van der Waals surface area contributed by atoms with Crippen LogP contribution in [0.5, 0.6) is 28.7 Å². The summed E-state index contributed by atoms with van der Waals surface area (Å²) in [7, 11) is 1.36. The summed E-state index contributed by atoms with van der Waals surface area (Å²) < 4.78 is 26.7. The van der Waals surface area contributed by atoms with E-state index >= 15 is 0 Å². The number of hydrogen-bond donors (Lipinski definition) is 10. The summed E-state index contributed by atoms with van der Waals surface area (Å²) in [6.45, 7) is 0.133. The lowest BCUT2D eigenvalue weighted by atomic mass is 9.98. The molecule has 0 bridgehead atoms. The molecule has 248 valence electrons. The molecule has 0 saturated carbocycles. The maximum Gasteiger partial charge on any atom is 0.229 e. The number of Topliss-reactive ketones (excluding diaryl/α,β-unsaturated/α-hetero) is 1. The van der Waals surface area contributed by atoms with Gasteiger partial charge in [-0.25, -0.2) is 0 Å². The van der Waals surface area contributed by atoms with E-state index in [9.17, 15) is 55.9 Å². The highest BCUT2D eigenvalue weighted by Gasteiger charge is 2.48. The van der Waals surface area contributed by atoms with Gasteiger partial charge in [0, 0.05) is 12.1 Å². The van der Waals surface area contributed by atoms with Crippen molar-refractivity contribution in [2.24, 2.45) is 0 Å². The fourth-order valence-electron chi connectivity index (χ4n) is 4.86. The molecule has 0 spiro atoms. The molecule has 2 aliphatic rings. The molecule has 2 heterocycles. The molecule has 0 radical (unpaired) electrons. The molecule has 2 saturated heterocycles. The number of ketones is 1. The van der Waals surface area contributed by atoms with Crippen LogP contribution in [0.4, 0.5) is 0 Å². The van der Waals surface area contributed by atoms with Gasteiger partial charge in [0.2, 0.25) is 6.29 Å². The summed E-state index contributed by atoms with van der Waals surface area (Å²) in [6.07, 6.45) is -15.1. The Hall–Kier alpha value is -3.55. The summed E-state index contributed by atoms with van der Waals surface area (Å²) in [6, 6.07) is 6.28. The molecule has 45 heavy (non-hydrogen) atoms. The number of ether oxygens (including phenoxy) is 5. The standard InChI is InChI=1S/C29H36O16/c1-11(5-12-3-4-14(31)17(6-12)41-2)21(34)20-15(32)7-13(8-16(20)33)43-29-27(40)25(38)23(36)19(45-29)10-42-28-26(39)24(37)22(35)18(9-30)44-28/h3-8,18-19,22-33,35-40H,9-10H2,1-2H3. The number of phenols is 3. The van der Waals surface area contributed by atoms with Gasteiger partial charge < -0.3 is 74.7 Å². The summed E-state index contributed by atoms with van der Waals surface area (Å²) >= 11 is 0. The number of carbonyl (C=O) groups excluding carboxylic acids is 1. The van der Waals surface area contributed by atoms with Crippen LogP contribution in [-0.2, 0) is 14.2 Å². The number of aromatic hydroxyl groups is 3. The first-order valence-corrected chi connectivity index (χ1v) is 13.7. The average molecular weight is 641 g/mol. The van der Waals surface area contributed by atoms with Crippen molar-refractivity contribution < 1.29 is 79.5 Å². The summed E-state index contributed by atoms with van der Waals surface area (Å²) in [5, 5.41) is 102. The quantitative estimate of drug-likeness (QED) is 0.100. The highest BCUT2D eigenvalue weighted by atomic mass is 16.7. The molecule has 2 aromatic carbocycles. The van der Waals surface area contributed by atoms with E-state index in [1.807, 2.05) is 0 Å². The lowest BCUT2D eigenvalue weighted by Gasteiger charge is -2.42. The maximum absolute atomic E-state index is 13.1. The van der Waals surface area contributed by atoms with E-state index in [2.05, 4.69) is 0 Å². The predicted octanol–water partition coefficient (Wildman–Crippen LogP) is -1.90. The molecule has 0 amide bonds. The molecule has 4 rings (SSSR count). The van der Waals surface area contributed by atoms with E-state index in [4.69, 9.17) is 23.7 Å². The number of aliphatic hydroxyl groups is 7. The number of carbonyl (C=O) groups is 1. The molecule has 10 unspecified atom stereocenters. The number of aliphatic hydroxyl groups excluding tert-OH is 7. The van der Waals surface area contributed by atoms with Crippen molar-refractivity contribution >= 4 is 11.9 Å². The topological polar surface area (TPSA) is 266 Å². The zero-order valence-electron chi connectivity index (χ0n) is 24.1. The van der Waals surface area contributed by atoms with Gasteiger partial charge in [-0.05, 0) is 36.3 Å². The fourth-order valence-corrected chi connectivity index (χ4v) is 4.86. The van der Waals surface area contributed by atoms with Crippen molar-refractivity contribution in [1.29, 1.82) is 0 Å². The SMILES string of the molecule is COc1cc(C=C(C)C(=O)c2c(O)cc(OC3OC(COC4OC(CO)C(O)C(O)C4O)C(O)C(O)C3O)cc2O)ccc1O. The smallest absolute Gasteiger partial charge is 0.229 e. The average Bonchev–Trinajstić information content (AvgIpc) is 3.00. The highest BCUT2D eigenvalue weighted by Crippen LogP contribution is 2.36. The van der Waals surface area contributed by atoms with Gasteiger partial charge in [0.25, 0.3) is 0 Å². The molecule has 2 fully saturated rings. The van der Waals surface area contributed by atoms with Gasteiger partial charge in [0.05, 0.1) is 20.3 Å². The van der Waals surface area contributed by atoms with Crippen LogP contribution < -0.4 is 9.47 Å². The molecular weight excluding hydrogens is 604 g/mol. The third-order valence-electron chi connectivity index (χ3n) is 7.44. The Kier molecular flexibility index (Phi) is 10.9. The van der Waals surface area contributed by atoms with Crippen molar-refractivity contribution in [3.8, 4) is 28.7 Å². The zero-order chi connectivity index (χ0) is 33.2. The first-order valence-electron chi connectivity index (χ1n) is 13.7. The number of rotatable bonds is 10. The Labute approximate surface area is 256 Å². The molecule has 10 N–H and O–H groups in total. The summed E-state index contributed by atoms with van der Waals surface area (Å²) in [4.78, 5) is 13.1. The Morgan fingerprint density at radius 3 is 1.98 bits per heavy atom. The number of phenolic OH excluding ortho intramolecular Hbond substituents is 3. The van der Waals surface area contributed by atoms with Crippen LogP contribution in [0.2, 0.25) is 0 Å². The monoisotopic (exact) mass is 640 g/mol. The Bertz CT molecular complexity index is 1360. The van der Waals surface area contributed by atoms with E-state index in [0.29, 0.717) is 5.56 Å². The molecule has 0 aromatic heterocycles. The molecule has 2 aromatic rings. The number of hydrogen-bond acceptors (Lipinski definition) is 16. The van der Waals surface area contributed by atoms with E-state index in [1.165, 1.54) is 38.3 Å². The van der Waals surface area contributed by atoms with Crippen molar-refractivity contribution in [2.75, 3.05) is 20.3 Å². The molecule has 0 aliphatic carbocycles. The van der Waals surface area contributed by atoms with Crippen LogP contribution in [0.25, 0.3) is 6.08 Å². The van der Waals surface area contributed by atoms with Gasteiger partial charge in [-0.1, -0.05) is 6.07 Å². The van der Waals surface area contributed by atoms with Gasteiger partial charge in [-0.15, -0.1) is 0 Å². The second-order valence-electron chi connectivity index (χ2n) is 10.6. The third kappa shape index (κ3) is 7.31. The van der Waals surface area contributed by atoms with E-state index < -0.39 is 97.5 Å². The van der Waals surface area contributed by atoms with Crippen LogP contribution >= 0.6 is 0 Å². The van der Waals surface area contributed by atoms with Crippen LogP contribution in [0.3, 0.4) is 0 Å². The van der Waals surface area contributed by atoms with Gasteiger partial charge in [0.15, 0.2) is 23.6 Å². The summed E-state index contributed by atoms with van der Waals surface area (Å²) in [5.74, 6) is -2.37. The van der Waals surface area contributed by atoms with Crippen molar-refractivity contribution in [3.05, 3.63) is 47.0 Å². The van der Waals surface area contributed by atoms with E-state index in [-0.39, 0.29) is 22.8 Å². The van der Waals surface area contributed by atoms with Gasteiger partial charge in [-0.2, -0.15) is 0 Å². The normalized spacial score (nSPS) is 32.2. The van der Waals surface area contributed by atoms with Crippen LogP contribution in [0, 0.1) is 0 Å².